The van der Waals surface area contributed by atoms with Crippen molar-refractivity contribution in [3.8, 4) is 5.69 Å². The molecule has 1 aromatic heterocycles. The molecule has 3 heterocycles. The van der Waals surface area contributed by atoms with Crippen LogP contribution in [0, 0.1) is 5.92 Å². The van der Waals surface area contributed by atoms with Gasteiger partial charge in [0.2, 0.25) is 0 Å². The molecule has 6 atom stereocenters. The van der Waals surface area contributed by atoms with E-state index in [0.717, 1.165) is 6.42 Å². The van der Waals surface area contributed by atoms with E-state index in [0.29, 0.717) is 5.92 Å². The quantitative estimate of drug-likeness (QED) is 0.169. The fourth-order valence-corrected chi connectivity index (χ4v) is 9.52. The molecule has 5 heteroatoms. The number of fused-ring (bicyclic) bond motifs is 7. The van der Waals surface area contributed by atoms with Gasteiger partial charge in [-0.05, 0) is 64.9 Å². The third-order valence-electron chi connectivity index (χ3n) is 12.0. The molecular formula is C49H41N5. The van der Waals surface area contributed by atoms with Gasteiger partial charge >= 0.3 is 0 Å². The molecule has 0 bridgehead atoms. The first-order chi connectivity index (χ1) is 26.8. The largest absolute Gasteiger partial charge is 0.333 e. The Morgan fingerprint density at radius 3 is 2.09 bits per heavy atom. The summed E-state index contributed by atoms with van der Waals surface area (Å²) in [5, 5.41) is 18.2. The first-order valence-electron chi connectivity index (χ1n) is 19.2. The third kappa shape index (κ3) is 5.04. The molecule has 5 nitrogen and oxygen atoms in total. The molecule has 7 aromatic rings. The number of benzene rings is 6. The van der Waals surface area contributed by atoms with Gasteiger partial charge in [0.15, 0.2) is 0 Å². The van der Waals surface area contributed by atoms with Gasteiger partial charge in [0, 0.05) is 39.2 Å². The number of aromatic nitrogens is 1. The lowest BCUT2D eigenvalue weighted by Gasteiger charge is -2.42. The van der Waals surface area contributed by atoms with Gasteiger partial charge in [-0.3, -0.25) is 16.0 Å². The Hall–Kier alpha value is -5.98. The standard InChI is InChI=1S/C49H41N5/c1-4-16-32(17-5-1)47-50-48(33-18-6-2-7-19-33)52-49(51-47)39-28-29-44(36-23-11-10-22-35(36)39)54-43-27-15-13-25-38(43)41-30-40-37-24-12-14-26-42(37)53(45(40)31-46(41)54)34-20-8-3-9-21-34/h1-18,20-31,33,40,45,47-52H,19H2. The Balaban J connectivity index is 1.08. The average Bonchev–Trinajstić information content (AvgIpc) is 3.75. The van der Waals surface area contributed by atoms with Gasteiger partial charge in [-0.25, -0.2) is 0 Å². The van der Waals surface area contributed by atoms with Crippen LogP contribution in [0.2, 0.25) is 0 Å². The summed E-state index contributed by atoms with van der Waals surface area (Å²) in [5.41, 5.74) is 8.80. The molecule has 0 saturated carbocycles. The van der Waals surface area contributed by atoms with E-state index in [1.807, 2.05) is 0 Å². The van der Waals surface area contributed by atoms with Crippen molar-refractivity contribution in [1.29, 1.82) is 0 Å². The minimum Gasteiger partial charge on any atom is -0.333 e. The van der Waals surface area contributed by atoms with Gasteiger partial charge in [-0.1, -0.05) is 146 Å². The highest BCUT2D eigenvalue weighted by molar-refractivity contribution is 5.96. The van der Waals surface area contributed by atoms with Gasteiger partial charge < -0.3 is 9.47 Å². The zero-order valence-electron chi connectivity index (χ0n) is 29.9. The lowest BCUT2D eigenvalue weighted by atomic mass is 9.90. The van der Waals surface area contributed by atoms with Gasteiger partial charge in [0.05, 0.1) is 41.1 Å². The predicted molar refractivity (Wildman–Crippen MR) is 222 cm³/mol. The van der Waals surface area contributed by atoms with Crippen LogP contribution in [0.15, 0.2) is 170 Å². The van der Waals surface area contributed by atoms with Crippen molar-refractivity contribution in [1.82, 2.24) is 20.5 Å². The summed E-state index contributed by atoms with van der Waals surface area (Å²) in [5.74, 6) is 0.603. The summed E-state index contributed by atoms with van der Waals surface area (Å²) in [6, 6.07) is 53.3. The summed E-state index contributed by atoms with van der Waals surface area (Å²) in [6.45, 7) is 0. The van der Waals surface area contributed by atoms with Crippen molar-refractivity contribution in [2.45, 2.75) is 36.9 Å². The number of nitrogens with one attached hydrogen (secondary N) is 3. The number of nitrogens with zero attached hydrogens (tertiary/aromatic N) is 2. The summed E-state index contributed by atoms with van der Waals surface area (Å²) < 4.78 is 2.52. The number of hydrogen-bond donors (Lipinski definition) is 3. The molecule has 4 aliphatic rings. The van der Waals surface area contributed by atoms with Crippen molar-refractivity contribution >= 4 is 45.2 Å². The summed E-state index contributed by atoms with van der Waals surface area (Å²) in [6.07, 6.45) is 15.1. The molecule has 1 fully saturated rings. The highest BCUT2D eigenvalue weighted by Gasteiger charge is 2.39. The van der Waals surface area contributed by atoms with Crippen LogP contribution in [-0.2, 0) is 0 Å². The van der Waals surface area contributed by atoms with Crippen LogP contribution >= 0.6 is 0 Å². The maximum absolute atomic E-state index is 3.99. The molecule has 0 spiro atoms. The van der Waals surface area contributed by atoms with Gasteiger partial charge in [-0.15, -0.1) is 0 Å². The minimum atomic E-state index is -0.0629. The van der Waals surface area contributed by atoms with E-state index < -0.39 is 0 Å². The topological polar surface area (TPSA) is 44.3 Å². The highest BCUT2D eigenvalue weighted by Crippen LogP contribution is 2.47. The molecule has 3 N–H and O–H groups in total. The number of hydrogen-bond acceptors (Lipinski definition) is 4. The van der Waals surface area contributed by atoms with Gasteiger partial charge in [0.25, 0.3) is 0 Å². The smallest absolute Gasteiger partial charge is 0.0868 e. The van der Waals surface area contributed by atoms with E-state index in [4.69, 9.17) is 0 Å². The van der Waals surface area contributed by atoms with E-state index in [9.17, 15) is 0 Å². The molecule has 0 radical (unpaired) electrons. The molecule has 0 amide bonds. The van der Waals surface area contributed by atoms with Crippen molar-refractivity contribution in [3.63, 3.8) is 0 Å². The van der Waals surface area contributed by atoms with Crippen molar-refractivity contribution in [2.24, 2.45) is 5.92 Å². The zero-order valence-corrected chi connectivity index (χ0v) is 29.9. The summed E-state index contributed by atoms with van der Waals surface area (Å²) in [7, 11) is 0. The first-order valence-corrected chi connectivity index (χ1v) is 19.2. The molecule has 6 unspecified atom stereocenters. The third-order valence-corrected chi connectivity index (χ3v) is 12.0. The zero-order chi connectivity index (χ0) is 35.6. The fourth-order valence-electron chi connectivity index (χ4n) is 9.52. The van der Waals surface area contributed by atoms with E-state index in [1.165, 1.54) is 66.0 Å². The number of rotatable bonds is 5. The van der Waals surface area contributed by atoms with Crippen molar-refractivity contribution in [2.75, 3.05) is 4.90 Å². The van der Waals surface area contributed by atoms with E-state index in [1.54, 1.807) is 0 Å². The molecule has 54 heavy (non-hydrogen) atoms. The fraction of sp³-hybridized carbons (Fsp3) is 0.143. The number of anilines is 2. The Labute approximate surface area is 315 Å². The van der Waals surface area contributed by atoms with Crippen LogP contribution in [0.25, 0.3) is 39.5 Å². The van der Waals surface area contributed by atoms with Gasteiger partial charge in [0.1, 0.15) is 0 Å². The number of para-hydroxylation sites is 3. The molecule has 262 valence electrons. The SMILES string of the molecule is C1=CCC(C2NC(c3ccccc3)NC(c3ccc(-n4c5c(c6ccccc64)=CC4c6ccccc6N(c6ccccc6)C4C=5)c4ccccc34)N2)C=C1. The molecular weight excluding hydrogens is 659 g/mol. The highest BCUT2D eigenvalue weighted by atomic mass is 15.4. The second-order valence-corrected chi connectivity index (χ2v) is 15.0. The Morgan fingerprint density at radius 1 is 0.537 bits per heavy atom. The summed E-state index contributed by atoms with van der Waals surface area (Å²) >= 11 is 0. The molecule has 2 aliphatic carbocycles. The lowest BCUT2D eigenvalue weighted by molar-refractivity contribution is 0.171. The van der Waals surface area contributed by atoms with Crippen LogP contribution in [0.4, 0.5) is 11.4 Å². The van der Waals surface area contributed by atoms with E-state index >= 15 is 0 Å². The second kappa shape index (κ2) is 12.9. The van der Waals surface area contributed by atoms with Crippen LogP contribution in [0.1, 0.15) is 41.4 Å². The summed E-state index contributed by atoms with van der Waals surface area (Å²) in [4.78, 5) is 2.54. The van der Waals surface area contributed by atoms with E-state index in [2.05, 4.69) is 207 Å². The Bertz CT molecular complexity index is 2730. The Morgan fingerprint density at radius 2 is 1.26 bits per heavy atom. The van der Waals surface area contributed by atoms with Crippen molar-refractivity contribution in [3.05, 3.63) is 197 Å². The van der Waals surface area contributed by atoms with E-state index in [-0.39, 0.29) is 30.5 Å². The van der Waals surface area contributed by atoms with Crippen molar-refractivity contribution < 1.29 is 0 Å². The average molecular weight is 700 g/mol. The van der Waals surface area contributed by atoms with Gasteiger partial charge in [-0.2, -0.15) is 0 Å². The molecule has 11 rings (SSSR count). The maximum atomic E-state index is 3.99. The van der Waals surface area contributed by atoms with Crippen LogP contribution in [0.3, 0.4) is 0 Å². The minimum absolute atomic E-state index is 0.00165. The first kappa shape index (κ1) is 31.5. The van der Waals surface area contributed by atoms with Crippen LogP contribution in [0.5, 0.6) is 0 Å². The predicted octanol–water partition coefficient (Wildman–Crippen LogP) is 8.60. The Kier molecular flexibility index (Phi) is 7.51. The monoisotopic (exact) mass is 699 g/mol. The molecule has 1 saturated heterocycles. The molecule has 2 aliphatic heterocycles. The second-order valence-electron chi connectivity index (χ2n) is 15.0. The lowest BCUT2D eigenvalue weighted by Crippen LogP contribution is -2.61. The molecule has 6 aromatic carbocycles. The number of allylic oxidation sites excluding steroid dienone is 3. The maximum Gasteiger partial charge on any atom is 0.0868 e. The normalized spacial score (nSPS) is 24.1. The van der Waals surface area contributed by atoms with Crippen LogP contribution < -0.4 is 31.4 Å². The van der Waals surface area contributed by atoms with Crippen LogP contribution in [-0.4, -0.2) is 16.8 Å².